The van der Waals surface area contributed by atoms with Crippen LogP contribution >= 0.6 is 0 Å². The fraction of sp³-hybridized carbons (Fsp3) is 0.441. The van der Waals surface area contributed by atoms with Crippen LogP contribution in [-0.2, 0) is 23.1 Å². The fourth-order valence-corrected chi connectivity index (χ4v) is 6.36. The number of nitrogens with zero attached hydrogens (tertiary/aromatic N) is 3. The number of unbranched alkanes of at least 4 members (excludes halogenated alkanes) is 1. The van der Waals surface area contributed by atoms with Crippen molar-refractivity contribution < 1.29 is 33.5 Å². The van der Waals surface area contributed by atoms with Crippen molar-refractivity contribution >= 4 is 17.6 Å². The van der Waals surface area contributed by atoms with Crippen LogP contribution < -0.4 is 23.7 Å². The number of carbonyl (C=O) groups excluding carboxylic acids is 1. The van der Waals surface area contributed by atoms with E-state index >= 15 is 0 Å². The lowest BCUT2D eigenvalue weighted by Gasteiger charge is -2.29. The third kappa shape index (κ3) is 6.94. The zero-order chi connectivity index (χ0) is 30.3. The highest BCUT2D eigenvalue weighted by Crippen LogP contribution is 2.41. The molecule has 228 valence electrons. The highest BCUT2D eigenvalue weighted by molar-refractivity contribution is 5.94. The Morgan fingerprint density at radius 1 is 1.14 bits per heavy atom. The molecule has 2 aliphatic rings. The van der Waals surface area contributed by atoms with Gasteiger partial charge in [-0.2, -0.15) is 0 Å². The molecule has 3 atom stereocenters. The molecule has 1 saturated heterocycles. The van der Waals surface area contributed by atoms with E-state index in [1.807, 2.05) is 77.4 Å². The Morgan fingerprint density at radius 2 is 1.95 bits per heavy atom. The number of para-hydroxylation sites is 2. The monoisotopic (exact) mass is 588 g/mol. The maximum atomic E-state index is 14.0. The summed E-state index contributed by atoms with van der Waals surface area (Å²) >= 11 is 0. The summed E-state index contributed by atoms with van der Waals surface area (Å²) in [7, 11) is 3.53. The van der Waals surface area contributed by atoms with Crippen molar-refractivity contribution in [1.29, 1.82) is 0 Å². The lowest BCUT2D eigenvalue weighted by molar-refractivity contribution is -0.670. The molecule has 0 spiro atoms. The molecule has 9 nitrogen and oxygen atoms in total. The number of fused-ring (bicyclic) bond motifs is 1. The summed E-state index contributed by atoms with van der Waals surface area (Å²) in [4.78, 5) is 30.8. The summed E-state index contributed by atoms with van der Waals surface area (Å²) in [5.41, 5.74) is 2.92. The standard InChI is InChI=1S/C34H41N3O6/c1-4-5-17-37(26-9-8-16-35(2)21-26)32(38)23-36-22-27(24-12-13-29-25(20-24)14-18-42-29)33(34(39)40)28(36)15-19-43-31-11-7-6-10-30(31)41-3/h6-13,16,20-21,27-28,33H,4-5,14-15,17-19,22-23H2,1-3H3/p+1/t27-,28+,33-/m1/s1. The van der Waals surface area contributed by atoms with E-state index in [-0.39, 0.29) is 18.4 Å². The molecule has 3 aromatic rings. The minimum absolute atomic E-state index is 0.0394. The van der Waals surface area contributed by atoms with E-state index in [0.717, 1.165) is 41.8 Å². The number of carbonyl (C=O) groups is 2. The molecular weight excluding hydrogens is 546 g/mol. The van der Waals surface area contributed by atoms with Gasteiger partial charge in [0.1, 0.15) is 18.5 Å². The van der Waals surface area contributed by atoms with Crippen molar-refractivity contribution in [3.63, 3.8) is 0 Å². The van der Waals surface area contributed by atoms with Gasteiger partial charge in [0.25, 0.3) is 0 Å². The zero-order valence-electron chi connectivity index (χ0n) is 25.3. The molecule has 1 amide bonds. The van der Waals surface area contributed by atoms with E-state index in [1.165, 1.54) is 0 Å². The minimum Gasteiger partial charge on any atom is -0.493 e. The summed E-state index contributed by atoms with van der Waals surface area (Å²) in [5, 5.41) is 10.6. The molecule has 0 unspecified atom stereocenters. The number of anilines is 1. The predicted octanol–water partition coefficient (Wildman–Crippen LogP) is 4.23. The third-order valence-electron chi connectivity index (χ3n) is 8.53. The molecule has 1 N–H and O–H groups in total. The first kappa shape index (κ1) is 30.4. The number of pyridine rings is 1. The minimum atomic E-state index is -0.864. The van der Waals surface area contributed by atoms with Crippen molar-refractivity contribution in [3.8, 4) is 17.2 Å². The van der Waals surface area contributed by atoms with Crippen LogP contribution in [0.25, 0.3) is 0 Å². The highest BCUT2D eigenvalue weighted by Gasteiger charge is 2.47. The predicted molar refractivity (Wildman–Crippen MR) is 163 cm³/mol. The number of rotatable bonds is 13. The second-order valence-corrected chi connectivity index (χ2v) is 11.3. The van der Waals surface area contributed by atoms with Crippen molar-refractivity contribution in [2.45, 2.75) is 44.6 Å². The van der Waals surface area contributed by atoms with E-state index in [9.17, 15) is 14.7 Å². The lowest BCUT2D eigenvalue weighted by Crippen LogP contribution is -2.45. The average Bonchev–Trinajstić information content (AvgIpc) is 3.62. The Kier molecular flexibility index (Phi) is 9.82. The number of carboxylic acids is 1. The maximum absolute atomic E-state index is 14.0. The number of amides is 1. The normalized spacial score (nSPS) is 19.5. The number of ether oxygens (including phenoxy) is 3. The topological polar surface area (TPSA) is 92.4 Å². The molecule has 0 bridgehead atoms. The van der Waals surface area contributed by atoms with Gasteiger partial charge in [0.05, 0.1) is 32.8 Å². The summed E-state index contributed by atoms with van der Waals surface area (Å²) in [6.45, 7) is 4.22. The number of hydrogen-bond donors (Lipinski definition) is 1. The van der Waals surface area contributed by atoms with Gasteiger partial charge in [0.15, 0.2) is 23.9 Å². The summed E-state index contributed by atoms with van der Waals surface area (Å²) in [5.74, 6) is 0.218. The SMILES string of the molecule is CCCCN(C(=O)CN1C[C@H](c2ccc3c(c2)CCO3)[C@@H](C(=O)O)[C@@H]1CCOc1ccccc1OC)c1ccc[n+](C)c1. The Labute approximate surface area is 253 Å². The molecule has 43 heavy (non-hydrogen) atoms. The van der Waals surface area contributed by atoms with Crippen LogP contribution in [-0.4, -0.2) is 67.9 Å². The van der Waals surface area contributed by atoms with E-state index in [4.69, 9.17) is 14.2 Å². The Bertz CT molecular complexity index is 1430. The van der Waals surface area contributed by atoms with Crippen LogP contribution in [0.5, 0.6) is 17.2 Å². The first-order valence-electron chi connectivity index (χ1n) is 15.1. The van der Waals surface area contributed by atoms with E-state index < -0.39 is 17.9 Å². The third-order valence-corrected chi connectivity index (χ3v) is 8.53. The molecule has 2 aromatic carbocycles. The van der Waals surface area contributed by atoms with Gasteiger partial charge < -0.3 is 24.2 Å². The van der Waals surface area contributed by atoms with Gasteiger partial charge in [-0.3, -0.25) is 14.5 Å². The van der Waals surface area contributed by atoms with Crippen LogP contribution in [0.2, 0.25) is 0 Å². The number of benzene rings is 2. The van der Waals surface area contributed by atoms with Gasteiger partial charge in [-0.25, -0.2) is 4.57 Å². The number of likely N-dealkylation sites (tertiary alicyclic amines) is 1. The van der Waals surface area contributed by atoms with Gasteiger partial charge in [-0.1, -0.05) is 37.6 Å². The summed E-state index contributed by atoms with van der Waals surface area (Å²) in [6, 6.07) is 16.9. The van der Waals surface area contributed by atoms with Crippen molar-refractivity contribution in [2.75, 3.05) is 44.9 Å². The molecule has 0 saturated carbocycles. The first-order valence-corrected chi connectivity index (χ1v) is 15.1. The van der Waals surface area contributed by atoms with Crippen LogP contribution in [0, 0.1) is 5.92 Å². The lowest BCUT2D eigenvalue weighted by atomic mass is 9.83. The average molecular weight is 589 g/mol. The number of methoxy groups -OCH3 is 1. The fourth-order valence-electron chi connectivity index (χ4n) is 6.36. The van der Waals surface area contributed by atoms with Crippen LogP contribution in [0.4, 0.5) is 5.69 Å². The van der Waals surface area contributed by atoms with Gasteiger partial charge >= 0.3 is 5.97 Å². The number of carboxylic acid groups (broad SMARTS) is 1. The molecule has 2 aliphatic heterocycles. The molecule has 5 rings (SSSR count). The number of aromatic nitrogens is 1. The van der Waals surface area contributed by atoms with E-state index in [2.05, 4.69) is 17.9 Å². The Balaban J connectivity index is 1.42. The van der Waals surface area contributed by atoms with Crippen molar-refractivity contribution in [2.24, 2.45) is 13.0 Å². The van der Waals surface area contributed by atoms with Crippen LogP contribution in [0.3, 0.4) is 0 Å². The largest absolute Gasteiger partial charge is 0.493 e. The van der Waals surface area contributed by atoms with Crippen molar-refractivity contribution in [1.82, 2.24) is 4.90 Å². The summed E-state index contributed by atoms with van der Waals surface area (Å²) < 4.78 is 19.2. The molecule has 9 heteroatoms. The molecule has 1 fully saturated rings. The second-order valence-electron chi connectivity index (χ2n) is 11.3. The van der Waals surface area contributed by atoms with Gasteiger partial charge in [0.2, 0.25) is 5.91 Å². The first-order chi connectivity index (χ1) is 20.9. The summed E-state index contributed by atoms with van der Waals surface area (Å²) in [6.07, 6.45) is 6.98. The smallest absolute Gasteiger partial charge is 0.308 e. The number of aryl methyl sites for hydroxylation is 1. The van der Waals surface area contributed by atoms with E-state index in [0.29, 0.717) is 44.2 Å². The quantitative estimate of drug-likeness (QED) is 0.299. The molecular formula is C34H42N3O6+. The zero-order valence-corrected chi connectivity index (χ0v) is 25.3. The second kappa shape index (κ2) is 13.9. The number of hydrogen-bond acceptors (Lipinski definition) is 6. The Morgan fingerprint density at radius 3 is 2.70 bits per heavy atom. The van der Waals surface area contributed by atoms with Gasteiger partial charge in [0, 0.05) is 37.5 Å². The molecule has 0 aliphatic carbocycles. The highest BCUT2D eigenvalue weighted by atomic mass is 16.5. The van der Waals surface area contributed by atoms with Gasteiger partial charge in [-0.05, 0) is 48.2 Å². The van der Waals surface area contributed by atoms with Crippen LogP contribution in [0.15, 0.2) is 67.0 Å². The molecule has 3 heterocycles. The van der Waals surface area contributed by atoms with Gasteiger partial charge in [-0.15, -0.1) is 0 Å². The molecule has 1 aromatic heterocycles. The number of aliphatic carboxylic acids is 1. The van der Waals surface area contributed by atoms with Crippen molar-refractivity contribution in [3.05, 3.63) is 78.1 Å². The van der Waals surface area contributed by atoms with E-state index in [1.54, 1.807) is 7.11 Å². The maximum Gasteiger partial charge on any atom is 0.308 e. The van der Waals surface area contributed by atoms with Crippen LogP contribution in [0.1, 0.15) is 43.2 Å². The Hall–Kier alpha value is -4.11. The molecule has 0 radical (unpaired) electrons.